The standard InChI is InChI=1S/C23H27Cl2N5O3S.ClH/c1-28(34(32,33)20-4-2-3-19(24)21(20)25)13-14-30-16-15-29(23(30)31)12-9-17-5-7-18(8-6-17)22-26-10-11-27-22;/h2-8H,9-16H2,1H3,(H,26,27);1H. The summed E-state index contributed by atoms with van der Waals surface area (Å²) in [6, 6.07) is 12.7. The minimum Gasteiger partial charge on any atom is -0.368 e. The number of hydrogen-bond acceptors (Lipinski definition) is 5. The van der Waals surface area contributed by atoms with Crippen LogP contribution in [-0.4, -0.2) is 87.3 Å². The highest BCUT2D eigenvalue weighted by atomic mass is 35.5. The molecule has 4 rings (SSSR count). The van der Waals surface area contributed by atoms with Gasteiger partial charge in [-0.05, 0) is 24.1 Å². The van der Waals surface area contributed by atoms with Gasteiger partial charge in [-0.25, -0.2) is 13.2 Å². The Morgan fingerprint density at radius 2 is 1.74 bits per heavy atom. The number of urea groups is 1. The molecule has 8 nitrogen and oxygen atoms in total. The van der Waals surface area contributed by atoms with E-state index in [4.69, 9.17) is 23.2 Å². The highest BCUT2D eigenvalue weighted by Gasteiger charge is 2.30. The number of sulfonamides is 1. The zero-order valence-electron chi connectivity index (χ0n) is 19.3. The van der Waals surface area contributed by atoms with E-state index in [1.54, 1.807) is 15.9 Å². The normalized spacial score (nSPS) is 15.9. The molecule has 35 heavy (non-hydrogen) atoms. The van der Waals surface area contributed by atoms with Gasteiger partial charge in [-0.2, -0.15) is 4.31 Å². The third-order valence-corrected chi connectivity index (χ3v) is 8.87. The fourth-order valence-electron chi connectivity index (χ4n) is 3.97. The van der Waals surface area contributed by atoms with Crippen molar-refractivity contribution in [1.82, 2.24) is 19.4 Å². The molecule has 2 aliphatic rings. The average Bonchev–Trinajstić information content (AvgIpc) is 3.48. The van der Waals surface area contributed by atoms with Gasteiger partial charge < -0.3 is 15.1 Å². The maximum absolute atomic E-state index is 12.9. The van der Waals surface area contributed by atoms with E-state index in [-0.39, 0.29) is 39.9 Å². The molecule has 1 fully saturated rings. The van der Waals surface area contributed by atoms with Crippen LogP contribution in [0, 0.1) is 0 Å². The van der Waals surface area contributed by atoms with Crippen molar-refractivity contribution in [3.8, 4) is 0 Å². The molecule has 190 valence electrons. The summed E-state index contributed by atoms with van der Waals surface area (Å²) in [7, 11) is -2.35. The average molecular weight is 561 g/mol. The molecule has 0 unspecified atom stereocenters. The third-order valence-electron chi connectivity index (χ3n) is 6.04. The van der Waals surface area contributed by atoms with Crippen LogP contribution in [0.3, 0.4) is 0 Å². The number of likely N-dealkylation sites (N-methyl/N-ethyl adjacent to an activating group) is 1. The van der Waals surface area contributed by atoms with Crippen LogP contribution in [-0.2, 0) is 16.4 Å². The molecule has 0 aliphatic carbocycles. The predicted octanol–water partition coefficient (Wildman–Crippen LogP) is 3.37. The van der Waals surface area contributed by atoms with Crippen LogP contribution in [0.15, 0.2) is 52.4 Å². The number of halogens is 3. The Morgan fingerprint density at radius 1 is 1.06 bits per heavy atom. The van der Waals surface area contributed by atoms with Gasteiger partial charge >= 0.3 is 6.03 Å². The van der Waals surface area contributed by atoms with Gasteiger partial charge in [-0.15, -0.1) is 12.4 Å². The number of carbonyl (C=O) groups is 1. The lowest BCUT2D eigenvalue weighted by atomic mass is 10.1. The van der Waals surface area contributed by atoms with E-state index >= 15 is 0 Å². The van der Waals surface area contributed by atoms with E-state index in [0.29, 0.717) is 26.2 Å². The molecule has 0 bridgehead atoms. The number of hydrogen-bond donors (Lipinski definition) is 1. The quantitative estimate of drug-likeness (QED) is 0.510. The summed E-state index contributed by atoms with van der Waals surface area (Å²) in [6.07, 6.45) is 0.751. The minimum absolute atomic E-state index is 0. The Hall–Kier alpha value is -2.04. The largest absolute Gasteiger partial charge is 0.368 e. The van der Waals surface area contributed by atoms with Gasteiger partial charge in [-0.3, -0.25) is 4.99 Å². The number of aliphatic imine (C=N–C) groups is 1. The number of nitrogens with one attached hydrogen (secondary N) is 1. The van der Waals surface area contributed by atoms with Gasteiger partial charge in [0.15, 0.2) is 0 Å². The molecule has 2 heterocycles. The van der Waals surface area contributed by atoms with Gasteiger partial charge in [0, 0.05) is 51.9 Å². The number of amidine groups is 1. The van der Waals surface area contributed by atoms with Crippen molar-refractivity contribution < 1.29 is 13.2 Å². The van der Waals surface area contributed by atoms with Crippen LogP contribution in [0.1, 0.15) is 11.1 Å². The first kappa shape index (κ1) is 27.5. The van der Waals surface area contributed by atoms with E-state index in [1.165, 1.54) is 23.5 Å². The summed E-state index contributed by atoms with van der Waals surface area (Å²) >= 11 is 12.1. The number of rotatable bonds is 9. The Balaban J connectivity index is 0.00000342. The van der Waals surface area contributed by atoms with Crippen molar-refractivity contribution in [2.24, 2.45) is 4.99 Å². The maximum Gasteiger partial charge on any atom is 0.320 e. The van der Waals surface area contributed by atoms with Crippen molar-refractivity contribution in [2.45, 2.75) is 11.3 Å². The van der Waals surface area contributed by atoms with Crippen molar-refractivity contribution in [3.05, 3.63) is 63.6 Å². The summed E-state index contributed by atoms with van der Waals surface area (Å²) < 4.78 is 27.0. The van der Waals surface area contributed by atoms with Crippen LogP contribution in [0.2, 0.25) is 10.0 Å². The molecule has 0 aromatic heterocycles. The van der Waals surface area contributed by atoms with Crippen molar-refractivity contribution in [2.75, 3.05) is 52.9 Å². The lowest BCUT2D eigenvalue weighted by Crippen LogP contribution is -2.39. The highest BCUT2D eigenvalue weighted by Crippen LogP contribution is 2.30. The molecular weight excluding hydrogens is 533 g/mol. The zero-order chi connectivity index (χ0) is 24.3. The molecule has 2 aromatic rings. The summed E-state index contributed by atoms with van der Waals surface area (Å²) in [5, 5.41) is 3.44. The van der Waals surface area contributed by atoms with Crippen molar-refractivity contribution >= 4 is 57.5 Å². The van der Waals surface area contributed by atoms with E-state index in [0.717, 1.165) is 36.5 Å². The second-order valence-electron chi connectivity index (χ2n) is 8.24. The third kappa shape index (κ3) is 6.21. The van der Waals surface area contributed by atoms with E-state index < -0.39 is 10.0 Å². The van der Waals surface area contributed by atoms with Crippen LogP contribution in [0.25, 0.3) is 0 Å². The van der Waals surface area contributed by atoms with Crippen molar-refractivity contribution in [3.63, 3.8) is 0 Å². The second kappa shape index (κ2) is 11.8. The maximum atomic E-state index is 12.9. The van der Waals surface area contributed by atoms with Gasteiger partial charge in [0.2, 0.25) is 10.0 Å². The van der Waals surface area contributed by atoms with Gasteiger partial charge in [0.25, 0.3) is 0 Å². The molecule has 12 heteroatoms. The Morgan fingerprint density at radius 3 is 2.40 bits per heavy atom. The van der Waals surface area contributed by atoms with Gasteiger partial charge in [0.05, 0.1) is 16.6 Å². The first-order valence-electron chi connectivity index (χ1n) is 11.1. The second-order valence-corrected chi connectivity index (χ2v) is 11.0. The molecule has 2 aliphatic heterocycles. The zero-order valence-corrected chi connectivity index (χ0v) is 22.4. The molecule has 0 saturated carbocycles. The van der Waals surface area contributed by atoms with Crippen LogP contribution in [0.5, 0.6) is 0 Å². The molecule has 0 radical (unpaired) electrons. The Kier molecular flexibility index (Phi) is 9.28. The van der Waals surface area contributed by atoms with Gasteiger partial charge in [0.1, 0.15) is 10.7 Å². The molecule has 0 spiro atoms. The Bertz CT molecular complexity index is 1190. The molecular formula is C23H28Cl3N5O3S. The molecule has 2 aromatic carbocycles. The number of amides is 2. The van der Waals surface area contributed by atoms with Crippen LogP contribution >= 0.6 is 35.6 Å². The fraction of sp³-hybridized carbons (Fsp3) is 0.391. The molecule has 1 saturated heterocycles. The lowest BCUT2D eigenvalue weighted by Gasteiger charge is -2.23. The lowest BCUT2D eigenvalue weighted by molar-refractivity contribution is 0.190. The summed E-state index contributed by atoms with van der Waals surface area (Å²) in [5.74, 6) is 0.932. The SMILES string of the molecule is CN(CCN1CCN(CCc2ccc(C3=NCCN3)cc2)C1=O)S(=O)(=O)c1cccc(Cl)c1Cl.Cl. The monoisotopic (exact) mass is 559 g/mol. The topological polar surface area (TPSA) is 85.3 Å². The van der Waals surface area contributed by atoms with Crippen LogP contribution in [0.4, 0.5) is 4.79 Å². The summed E-state index contributed by atoms with van der Waals surface area (Å²) in [4.78, 5) is 20.7. The Labute approximate surface area is 222 Å². The predicted molar refractivity (Wildman–Crippen MR) is 142 cm³/mol. The number of carbonyl (C=O) groups excluding carboxylic acids is 1. The minimum atomic E-state index is -3.82. The van der Waals surface area contributed by atoms with Crippen LogP contribution < -0.4 is 5.32 Å². The molecule has 0 atom stereocenters. The van der Waals surface area contributed by atoms with E-state index in [2.05, 4.69) is 22.4 Å². The summed E-state index contributed by atoms with van der Waals surface area (Å²) in [6.45, 7) is 3.93. The first-order valence-corrected chi connectivity index (χ1v) is 13.3. The smallest absolute Gasteiger partial charge is 0.320 e. The van der Waals surface area contributed by atoms with Crippen molar-refractivity contribution in [1.29, 1.82) is 0 Å². The number of benzene rings is 2. The first-order chi connectivity index (χ1) is 16.3. The van der Waals surface area contributed by atoms with Gasteiger partial charge in [-0.1, -0.05) is 53.5 Å². The fourth-order valence-corrected chi connectivity index (χ4v) is 5.86. The molecule has 2 amide bonds. The number of nitrogens with zero attached hydrogens (tertiary/aromatic N) is 4. The highest BCUT2D eigenvalue weighted by molar-refractivity contribution is 7.89. The van der Waals surface area contributed by atoms with E-state index in [1.807, 2.05) is 12.1 Å². The summed E-state index contributed by atoms with van der Waals surface area (Å²) in [5.41, 5.74) is 2.22. The van der Waals surface area contributed by atoms with E-state index in [9.17, 15) is 13.2 Å². The molecule has 1 N–H and O–H groups in total.